The minimum atomic E-state index is 0.442. The van der Waals surface area contributed by atoms with Crippen LogP contribution in [0.2, 0.25) is 0 Å². The van der Waals surface area contributed by atoms with Gasteiger partial charge in [-0.2, -0.15) is 11.8 Å². The van der Waals surface area contributed by atoms with Crippen LogP contribution >= 0.6 is 11.8 Å². The zero-order chi connectivity index (χ0) is 12.7. The highest BCUT2D eigenvalue weighted by atomic mass is 32.2. The van der Waals surface area contributed by atoms with Crippen LogP contribution in [0.1, 0.15) is 30.5 Å². The largest absolute Gasteiger partial charge is 0.494 e. The van der Waals surface area contributed by atoms with Crippen LogP contribution in [0.3, 0.4) is 0 Å². The number of thioether (sulfide) groups is 1. The fourth-order valence-corrected chi connectivity index (χ4v) is 2.39. The zero-order valence-corrected chi connectivity index (χ0v) is 12.1. The molecule has 96 valence electrons. The molecule has 2 nitrogen and oxygen atoms in total. The van der Waals surface area contributed by atoms with Gasteiger partial charge in [0.2, 0.25) is 0 Å². The molecule has 0 aliphatic heterocycles. The monoisotopic (exact) mass is 253 g/mol. The van der Waals surface area contributed by atoms with Gasteiger partial charge >= 0.3 is 0 Å². The first-order valence-electron chi connectivity index (χ1n) is 6.12. The van der Waals surface area contributed by atoms with Crippen molar-refractivity contribution < 1.29 is 4.74 Å². The van der Waals surface area contributed by atoms with Crippen molar-refractivity contribution in [1.29, 1.82) is 0 Å². The summed E-state index contributed by atoms with van der Waals surface area (Å²) in [5.41, 5.74) is 2.57. The molecule has 0 saturated heterocycles. The first-order chi connectivity index (χ1) is 8.22. The van der Waals surface area contributed by atoms with Crippen LogP contribution in [0.4, 0.5) is 0 Å². The van der Waals surface area contributed by atoms with E-state index in [2.05, 4.69) is 36.7 Å². The first-order valence-corrected chi connectivity index (χ1v) is 7.51. The lowest BCUT2D eigenvalue weighted by molar-refractivity contribution is 0.337. The number of benzene rings is 1. The average molecular weight is 253 g/mol. The molecule has 0 radical (unpaired) electrons. The summed E-state index contributed by atoms with van der Waals surface area (Å²) in [6.07, 6.45) is 3.31. The third kappa shape index (κ3) is 4.25. The van der Waals surface area contributed by atoms with Crippen LogP contribution in [0, 0.1) is 6.92 Å². The molecule has 0 heterocycles. The predicted molar refractivity (Wildman–Crippen MR) is 77.1 cm³/mol. The van der Waals surface area contributed by atoms with E-state index in [4.69, 9.17) is 4.74 Å². The SMILES string of the molecule is CCOc1ccc(C(CCSC)NC)cc1C. The molecule has 0 aliphatic carbocycles. The van der Waals surface area contributed by atoms with Crippen molar-refractivity contribution in [2.45, 2.75) is 26.3 Å². The maximum Gasteiger partial charge on any atom is 0.122 e. The van der Waals surface area contributed by atoms with Crippen molar-refractivity contribution in [3.63, 3.8) is 0 Å². The van der Waals surface area contributed by atoms with Gasteiger partial charge in [-0.3, -0.25) is 0 Å². The quantitative estimate of drug-likeness (QED) is 0.804. The Balaban J connectivity index is 2.79. The van der Waals surface area contributed by atoms with E-state index in [0.717, 1.165) is 18.8 Å². The van der Waals surface area contributed by atoms with E-state index in [1.807, 2.05) is 25.7 Å². The van der Waals surface area contributed by atoms with Crippen molar-refractivity contribution in [2.24, 2.45) is 0 Å². The molecule has 0 aliphatic rings. The Bertz CT molecular complexity index is 341. The van der Waals surface area contributed by atoms with Crippen LogP contribution in [0.25, 0.3) is 0 Å². The molecule has 0 spiro atoms. The van der Waals surface area contributed by atoms with Crippen molar-refractivity contribution in [2.75, 3.05) is 25.7 Å². The number of hydrogen-bond donors (Lipinski definition) is 1. The van der Waals surface area contributed by atoms with Crippen LogP contribution in [0.15, 0.2) is 18.2 Å². The molecule has 0 fully saturated rings. The minimum absolute atomic E-state index is 0.442. The highest BCUT2D eigenvalue weighted by molar-refractivity contribution is 7.98. The number of nitrogens with one attached hydrogen (secondary N) is 1. The fraction of sp³-hybridized carbons (Fsp3) is 0.571. The second-order valence-electron chi connectivity index (χ2n) is 4.08. The van der Waals surface area contributed by atoms with E-state index in [9.17, 15) is 0 Å². The summed E-state index contributed by atoms with van der Waals surface area (Å²) in [5.74, 6) is 2.17. The van der Waals surface area contributed by atoms with E-state index in [0.29, 0.717) is 6.04 Å². The highest BCUT2D eigenvalue weighted by Crippen LogP contribution is 2.25. The summed E-state index contributed by atoms with van der Waals surface area (Å²) in [6.45, 7) is 4.85. The summed E-state index contributed by atoms with van der Waals surface area (Å²) >= 11 is 1.89. The van der Waals surface area contributed by atoms with Crippen LogP contribution < -0.4 is 10.1 Å². The number of ether oxygens (including phenoxy) is 1. The Labute approximate surface area is 109 Å². The average Bonchev–Trinajstić information content (AvgIpc) is 2.33. The molecule has 1 atom stereocenters. The second-order valence-corrected chi connectivity index (χ2v) is 5.07. The van der Waals surface area contributed by atoms with Gasteiger partial charge in [-0.05, 0) is 56.5 Å². The molecule has 3 heteroatoms. The second kappa shape index (κ2) is 7.62. The van der Waals surface area contributed by atoms with Gasteiger partial charge < -0.3 is 10.1 Å². The van der Waals surface area contributed by atoms with Gasteiger partial charge in [0.1, 0.15) is 5.75 Å². The van der Waals surface area contributed by atoms with Gasteiger partial charge in [-0.1, -0.05) is 12.1 Å². The van der Waals surface area contributed by atoms with Crippen molar-refractivity contribution >= 4 is 11.8 Å². The molecule has 17 heavy (non-hydrogen) atoms. The third-order valence-corrected chi connectivity index (χ3v) is 3.50. The Hall–Kier alpha value is -0.670. The van der Waals surface area contributed by atoms with E-state index in [-0.39, 0.29) is 0 Å². The van der Waals surface area contributed by atoms with Gasteiger partial charge in [0.05, 0.1) is 6.61 Å². The number of aryl methyl sites for hydroxylation is 1. The number of rotatable bonds is 7. The van der Waals surface area contributed by atoms with Gasteiger partial charge in [-0.15, -0.1) is 0 Å². The van der Waals surface area contributed by atoms with Gasteiger partial charge in [0.15, 0.2) is 0 Å². The van der Waals surface area contributed by atoms with Gasteiger partial charge in [-0.25, -0.2) is 0 Å². The zero-order valence-electron chi connectivity index (χ0n) is 11.2. The van der Waals surface area contributed by atoms with E-state index in [1.54, 1.807) is 0 Å². The Morgan fingerprint density at radius 1 is 1.41 bits per heavy atom. The molecule has 1 N–H and O–H groups in total. The molecular formula is C14H23NOS. The first kappa shape index (κ1) is 14.4. The van der Waals surface area contributed by atoms with Crippen molar-refractivity contribution in [3.05, 3.63) is 29.3 Å². The topological polar surface area (TPSA) is 21.3 Å². The predicted octanol–water partition coefficient (Wildman–Crippen LogP) is 3.41. The molecule has 0 saturated carbocycles. The van der Waals surface area contributed by atoms with Gasteiger partial charge in [0, 0.05) is 6.04 Å². The minimum Gasteiger partial charge on any atom is -0.494 e. The molecule has 0 bridgehead atoms. The maximum atomic E-state index is 5.56. The van der Waals surface area contributed by atoms with Crippen LogP contribution in [0.5, 0.6) is 5.75 Å². The summed E-state index contributed by atoms with van der Waals surface area (Å²) < 4.78 is 5.56. The molecule has 1 aromatic rings. The Kier molecular flexibility index (Phi) is 6.45. The smallest absolute Gasteiger partial charge is 0.122 e. The molecule has 0 amide bonds. The van der Waals surface area contributed by atoms with E-state index in [1.165, 1.54) is 16.9 Å². The lowest BCUT2D eigenvalue weighted by atomic mass is 10.0. The Morgan fingerprint density at radius 2 is 2.18 bits per heavy atom. The molecular weight excluding hydrogens is 230 g/mol. The summed E-state index contributed by atoms with van der Waals surface area (Å²) in [4.78, 5) is 0. The fourth-order valence-electron chi connectivity index (χ4n) is 1.92. The molecule has 0 aromatic heterocycles. The maximum absolute atomic E-state index is 5.56. The third-order valence-electron chi connectivity index (χ3n) is 2.86. The van der Waals surface area contributed by atoms with Crippen molar-refractivity contribution in [1.82, 2.24) is 5.32 Å². The van der Waals surface area contributed by atoms with Gasteiger partial charge in [0.25, 0.3) is 0 Å². The van der Waals surface area contributed by atoms with E-state index >= 15 is 0 Å². The number of hydrogen-bond acceptors (Lipinski definition) is 3. The lowest BCUT2D eigenvalue weighted by Crippen LogP contribution is -2.17. The lowest BCUT2D eigenvalue weighted by Gasteiger charge is -2.18. The summed E-state index contributed by atoms with van der Waals surface area (Å²) in [7, 11) is 2.02. The standard InChI is InChI=1S/C14H23NOS/c1-5-16-14-7-6-12(10-11(14)2)13(15-3)8-9-17-4/h6-7,10,13,15H,5,8-9H2,1-4H3. The summed E-state index contributed by atoms with van der Waals surface area (Å²) in [6, 6.07) is 6.92. The highest BCUT2D eigenvalue weighted by Gasteiger charge is 2.10. The molecule has 1 unspecified atom stereocenters. The van der Waals surface area contributed by atoms with Crippen molar-refractivity contribution in [3.8, 4) is 5.75 Å². The normalized spacial score (nSPS) is 12.5. The van der Waals surface area contributed by atoms with E-state index < -0.39 is 0 Å². The van der Waals surface area contributed by atoms with Crippen LogP contribution in [-0.4, -0.2) is 25.7 Å². The Morgan fingerprint density at radius 3 is 2.71 bits per heavy atom. The molecule has 1 rings (SSSR count). The van der Waals surface area contributed by atoms with Crippen LogP contribution in [-0.2, 0) is 0 Å². The molecule has 1 aromatic carbocycles. The summed E-state index contributed by atoms with van der Waals surface area (Å²) in [5, 5.41) is 3.38.